The van der Waals surface area contributed by atoms with Gasteiger partial charge in [0.15, 0.2) is 11.6 Å². The Hall–Kier alpha value is -2.18. The number of carbonyl (C=O) groups excluding carboxylic acids is 2. The van der Waals surface area contributed by atoms with Crippen molar-refractivity contribution >= 4 is 11.6 Å². The van der Waals surface area contributed by atoms with Crippen LogP contribution >= 0.6 is 0 Å². The molecular weight excluding hydrogens is 408 g/mol. The van der Waals surface area contributed by atoms with Crippen molar-refractivity contribution in [1.29, 1.82) is 0 Å². The molecule has 0 heterocycles. The summed E-state index contributed by atoms with van der Waals surface area (Å²) in [6, 6.07) is 0. The summed E-state index contributed by atoms with van der Waals surface area (Å²) in [5.41, 5.74) is 1.37. The third kappa shape index (κ3) is 10.8. The summed E-state index contributed by atoms with van der Waals surface area (Å²) in [5.74, 6) is 0.0641. The van der Waals surface area contributed by atoms with Crippen molar-refractivity contribution in [2.75, 3.05) is 39.3 Å². The first kappa shape index (κ1) is 24.9. The molecule has 0 spiro atoms. The second kappa shape index (κ2) is 15.7. The second-order valence-corrected chi connectivity index (χ2v) is 6.32. The van der Waals surface area contributed by atoms with E-state index in [9.17, 15) is 9.59 Å². The number of nitrogens with zero attached hydrogens (tertiary/aromatic N) is 2. The number of nitrogens with one attached hydrogen (secondary N) is 2. The topological polar surface area (TPSA) is 86.4 Å². The maximum Gasteiger partial charge on any atom is 3.00 e. The minimum atomic E-state index is 0. The maximum atomic E-state index is 11.5. The largest absolute Gasteiger partial charge is 3.00 e. The molecule has 29 heavy (non-hydrogen) atoms. The fourth-order valence-corrected chi connectivity index (χ4v) is 2.51. The smallest absolute Gasteiger partial charge is 0.664 e. The summed E-state index contributed by atoms with van der Waals surface area (Å²) in [6.45, 7) is 4.67. The third-order valence-corrected chi connectivity index (χ3v) is 4.04. The van der Waals surface area contributed by atoms with Gasteiger partial charge in [0.1, 0.15) is 0 Å². The van der Waals surface area contributed by atoms with E-state index < -0.39 is 0 Å². The van der Waals surface area contributed by atoms with Crippen molar-refractivity contribution < 1.29 is 26.7 Å². The zero-order chi connectivity index (χ0) is 19.9. The number of rotatable bonds is 13. The molecule has 1 radical (unpaired) electrons. The molecule has 155 valence electrons. The predicted octanol–water partition coefficient (Wildman–Crippen LogP) is 2.85. The number of carbonyl (C=O) groups is 2. The molecule has 2 aliphatic carbocycles. The van der Waals surface area contributed by atoms with Crippen molar-refractivity contribution in [3.05, 3.63) is 82.8 Å². The summed E-state index contributed by atoms with van der Waals surface area (Å²) < 4.78 is 0. The molecule has 7 heteroatoms. The Kier molecular flexibility index (Phi) is 13.5. The molecule has 0 aromatic carbocycles. The predicted molar refractivity (Wildman–Crippen MR) is 114 cm³/mol. The molecule has 0 saturated carbocycles. The van der Waals surface area contributed by atoms with Gasteiger partial charge in [-0.25, -0.2) is 0 Å². The Morgan fingerprint density at radius 1 is 0.655 bits per heavy atom. The molecule has 2 rings (SSSR count). The Bertz CT molecular complexity index is 646. The number of allylic oxidation sites excluding steroid dienone is 10. The van der Waals surface area contributed by atoms with Crippen molar-refractivity contribution in [2.24, 2.45) is 0 Å². The molecule has 2 aliphatic rings. The van der Waals surface area contributed by atoms with E-state index in [0.29, 0.717) is 11.1 Å². The molecule has 0 bridgehead atoms. The summed E-state index contributed by atoms with van der Waals surface area (Å²) in [6.07, 6.45) is 19.3. The van der Waals surface area contributed by atoms with Crippen LogP contribution in [0.3, 0.4) is 0 Å². The molecule has 2 N–H and O–H groups in total. The van der Waals surface area contributed by atoms with Gasteiger partial charge in [0, 0.05) is 36.6 Å². The van der Waals surface area contributed by atoms with Crippen LogP contribution in [-0.2, 0) is 26.7 Å². The maximum absolute atomic E-state index is 11.5. The zero-order valence-corrected chi connectivity index (χ0v) is 17.6. The van der Waals surface area contributed by atoms with Crippen LogP contribution in [0.2, 0.25) is 0 Å². The van der Waals surface area contributed by atoms with Crippen LogP contribution in [0, 0.1) is 0 Å². The minimum Gasteiger partial charge on any atom is -0.664 e. The van der Waals surface area contributed by atoms with E-state index in [0.717, 1.165) is 52.1 Å². The molecule has 0 aromatic heterocycles. The third-order valence-electron chi connectivity index (χ3n) is 4.04. The normalized spacial score (nSPS) is 17.8. The van der Waals surface area contributed by atoms with Gasteiger partial charge in [-0.3, -0.25) is 9.59 Å². The quantitative estimate of drug-likeness (QED) is 0.264. The number of ketones is 2. The fourth-order valence-electron chi connectivity index (χ4n) is 2.51. The van der Waals surface area contributed by atoms with Gasteiger partial charge in [-0.05, 0) is 24.3 Å². The van der Waals surface area contributed by atoms with Crippen LogP contribution in [0.25, 0.3) is 10.6 Å². The zero-order valence-electron chi connectivity index (χ0n) is 16.5. The van der Waals surface area contributed by atoms with Crippen LogP contribution < -0.4 is 10.6 Å². The van der Waals surface area contributed by atoms with Gasteiger partial charge in [-0.2, -0.15) is 13.1 Å². The monoisotopic (exact) mass is 436 g/mol. The Morgan fingerprint density at radius 3 is 1.48 bits per heavy atom. The first-order valence-electron chi connectivity index (χ1n) is 9.69. The minimum absolute atomic E-state index is 0. The van der Waals surface area contributed by atoms with E-state index in [2.05, 4.69) is 21.3 Å². The molecule has 6 nitrogen and oxygen atoms in total. The van der Waals surface area contributed by atoms with Gasteiger partial charge in [0.25, 0.3) is 0 Å². The second-order valence-electron chi connectivity index (χ2n) is 6.32. The van der Waals surface area contributed by atoms with Crippen molar-refractivity contribution in [3.63, 3.8) is 0 Å². The van der Waals surface area contributed by atoms with Gasteiger partial charge in [0.2, 0.25) is 0 Å². The first-order chi connectivity index (χ1) is 13.8. The Labute approximate surface area is 183 Å². The van der Waals surface area contributed by atoms with Crippen LogP contribution in [0.5, 0.6) is 0 Å². The van der Waals surface area contributed by atoms with Gasteiger partial charge < -0.3 is 21.3 Å². The van der Waals surface area contributed by atoms with Crippen molar-refractivity contribution in [2.45, 2.75) is 12.8 Å². The molecule has 0 atom stereocenters. The van der Waals surface area contributed by atoms with E-state index >= 15 is 0 Å². The molecule has 0 aromatic rings. The van der Waals surface area contributed by atoms with Crippen LogP contribution in [0.1, 0.15) is 12.8 Å². The average molecular weight is 436 g/mol. The molecule has 0 saturated heterocycles. The van der Waals surface area contributed by atoms with Gasteiger partial charge in [0.05, 0.1) is 0 Å². The van der Waals surface area contributed by atoms with E-state index in [1.165, 1.54) is 0 Å². The molecule has 0 aliphatic heterocycles. The summed E-state index contributed by atoms with van der Waals surface area (Å²) in [7, 11) is 0. The molecule has 0 unspecified atom stereocenters. The van der Waals surface area contributed by atoms with Crippen molar-refractivity contribution in [3.8, 4) is 0 Å². The number of hydrogen-bond donors (Lipinski definition) is 2. The van der Waals surface area contributed by atoms with Gasteiger partial charge in [-0.15, -0.1) is 13.1 Å². The molecule has 0 fully saturated rings. The molecular formula is C22H28FeN4O2+. The van der Waals surface area contributed by atoms with Gasteiger partial charge in [-0.1, -0.05) is 37.1 Å². The average Bonchev–Trinajstić information content (AvgIpc) is 2.71. The van der Waals surface area contributed by atoms with Crippen molar-refractivity contribution in [1.82, 2.24) is 10.6 Å². The Morgan fingerprint density at radius 2 is 1.07 bits per heavy atom. The number of hydrogen-bond acceptors (Lipinski definition) is 4. The van der Waals surface area contributed by atoms with E-state index in [-0.39, 0.29) is 28.6 Å². The standard InChI is InChI=1S/C22H28N4O2.Fe/c27-21-9-3-1-7-19(21)17-25-13-5-11-23-15-16-24-12-6-14-26-18-20-8-2-4-10-22(20)28;/h1-4,7-10,17-18,25-26H,5-6,11-16H2;/q-2;+3. The SMILES string of the molecule is O=C1C=CC=CC1=CNCCC[N-]CC[N-]CCCNC=C1C=CC=CC1=O.[Fe+3]. The summed E-state index contributed by atoms with van der Waals surface area (Å²) >= 11 is 0. The fraction of sp³-hybridized carbons (Fsp3) is 0.364. The van der Waals surface area contributed by atoms with Crippen LogP contribution in [0.4, 0.5) is 0 Å². The molecule has 0 amide bonds. The summed E-state index contributed by atoms with van der Waals surface area (Å²) in [4.78, 5) is 23.1. The Balaban J connectivity index is 0.00000420. The first-order valence-corrected chi connectivity index (χ1v) is 9.69. The van der Waals surface area contributed by atoms with Crippen LogP contribution in [-0.4, -0.2) is 50.8 Å². The van der Waals surface area contributed by atoms with Gasteiger partial charge >= 0.3 is 17.1 Å². The van der Waals surface area contributed by atoms with E-state index in [1.54, 1.807) is 48.9 Å². The van der Waals surface area contributed by atoms with Crippen LogP contribution in [0.15, 0.2) is 72.2 Å². The summed E-state index contributed by atoms with van der Waals surface area (Å²) in [5, 5.41) is 15.2. The van der Waals surface area contributed by atoms with E-state index in [4.69, 9.17) is 0 Å². The van der Waals surface area contributed by atoms with E-state index in [1.807, 2.05) is 12.2 Å².